The van der Waals surface area contributed by atoms with Gasteiger partial charge in [-0.2, -0.15) is 0 Å². The Bertz CT molecular complexity index is 800. The molecule has 1 aromatic carbocycles. The Labute approximate surface area is 188 Å². The number of phenolic OH excluding ortho intramolecular Hbond substituents is 1. The average molecular weight is 431 g/mol. The molecule has 31 heavy (non-hydrogen) atoms. The Balaban J connectivity index is 1.77. The summed E-state index contributed by atoms with van der Waals surface area (Å²) in [6.45, 7) is 11.7. The van der Waals surface area contributed by atoms with Crippen molar-refractivity contribution < 1.29 is 20.1 Å². The van der Waals surface area contributed by atoms with Crippen LogP contribution in [0.1, 0.15) is 90.7 Å². The van der Waals surface area contributed by atoms with Crippen LogP contribution in [-0.2, 0) is 6.42 Å². The zero-order valence-electron chi connectivity index (χ0n) is 20.3. The van der Waals surface area contributed by atoms with Gasteiger partial charge in [0.15, 0.2) is 0 Å². The molecule has 1 aromatic rings. The smallest absolute Gasteiger partial charge is 0.127 e. The molecule has 3 N–H and O–H groups in total. The van der Waals surface area contributed by atoms with Crippen molar-refractivity contribution in [1.29, 1.82) is 0 Å². The van der Waals surface area contributed by atoms with E-state index in [0.29, 0.717) is 12.2 Å². The number of aryl methyl sites for hydroxylation is 1. The molecule has 0 saturated carbocycles. The van der Waals surface area contributed by atoms with Crippen LogP contribution < -0.4 is 4.74 Å². The molecule has 0 amide bonds. The molecule has 0 aliphatic carbocycles. The van der Waals surface area contributed by atoms with Gasteiger partial charge in [0.1, 0.15) is 17.1 Å². The van der Waals surface area contributed by atoms with Gasteiger partial charge in [-0.15, -0.1) is 0 Å². The maximum absolute atomic E-state index is 10.2. The van der Waals surface area contributed by atoms with Crippen molar-refractivity contribution in [3.05, 3.63) is 46.6 Å². The minimum absolute atomic E-state index is 0.193. The van der Waals surface area contributed by atoms with Gasteiger partial charge in [-0.3, -0.25) is 0 Å². The molecule has 2 rings (SSSR count). The van der Waals surface area contributed by atoms with E-state index in [1.165, 1.54) is 11.1 Å². The van der Waals surface area contributed by atoms with Gasteiger partial charge in [0.25, 0.3) is 0 Å². The first-order valence-electron chi connectivity index (χ1n) is 11.6. The third kappa shape index (κ3) is 8.01. The molecule has 0 bridgehead atoms. The molecule has 0 aromatic heterocycles. The van der Waals surface area contributed by atoms with E-state index in [0.717, 1.165) is 61.8 Å². The van der Waals surface area contributed by atoms with Crippen molar-refractivity contribution in [2.24, 2.45) is 0 Å². The van der Waals surface area contributed by atoms with Gasteiger partial charge in [0.05, 0.1) is 11.7 Å². The summed E-state index contributed by atoms with van der Waals surface area (Å²) in [6, 6.07) is 3.84. The standard InChI is InChI=1S/C27H42O4/c1-19(9-7-10-20(2)12-13-25(29)26(4,5)30)11-8-15-27(6)16-14-22-23(28)17-21(3)18-24(22)31-27/h10-11,17-18,25,28-30H,7-9,12-16H2,1-6H3/b19-11+,20-10+/t25-,27?/m1/s1. The number of fused-ring (bicyclic) bond motifs is 1. The number of phenols is 1. The lowest BCUT2D eigenvalue weighted by molar-refractivity contribution is -0.0509. The fraction of sp³-hybridized carbons (Fsp3) is 0.630. The largest absolute Gasteiger partial charge is 0.508 e. The van der Waals surface area contributed by atoms with Crippen molar-refractivity contribution in [3.63, 3.8) is 0 Å². The van der Waals surface area contributed by atoms with Gasteiger partial charge in [0, 0.05) is 5.56 Å². The quantitative estimate of drug-likeness (QED) is 0.389. The third-order valence-electron chi connectivity index (χ3n) is 6.42. The van der Waals surface area contributed by atoms with E-state index in [2.05, 4.69) is 32.9 Å². The highest BCUT2D eigenvalue weighted by molar-refractivity contribution is 5.48. The summed E-state index contributed by atoms with van der Waals surface area (Å²) in [6.07, 6.45) is 11.0. The first-order valence-corrected chi connectivity index (χ1v) is 11.6. The number of hydrogen-bond donors (Lipinski definition) is 3. The van der Waals surface area contributed by atoms with Crippen LogP contribution >= 0.6 is 0 Å². The van der Waals surface area contributed by atoms with Crippen molar-refractivity contribution in [1.82, 2.24) is 0 Å². The Morgan fingerprint density at radius 1 is 1.16 bits per heavy atom. The van der Waals surface area contributed by atoms with Gasteiger partial charge in [-0.1, -0.05) is 23.3 Å². The third-order valence-corrected chi connectivity index (χ3v) is 6.42. The van der Waals surface area contributed by atoms with E-state index in [4.69, 9.17) is 4.74 Å². The first-order chi connectivity index (χ1) is 14.4. The fourth-order valence-electron chi connectivity index (χ4n) is 4.08. The summed E-state index contributed by atoms with van der Waals surface area (Å²) >= 11 is 0. The lowest BCUT2D eigenvalue weighted by Crippen LogP contribution is -2.36. The second-order valence-electron chi connectivity index (χ2n) is 10.2. The van der Waals surface area contributed by atoms with E-state index in [-0.39, 0.29) is 5.60 Å². The highest BCUT2D eigenvalue weighted by Gasteiger charge is 2.32. The first kappa shape index (κ1) is 25.5. The summed E-state index contributed by atoms with van der Waals surface area (Å²) in [5.41, 5.74) is 3.37. The Hall–Kier alpha value is -1.78. The fourth-order valence-corrected chi connectivity index (χ4v) is 4.08. The van der Waals surface area contributed by atoms with Gasteiger partial charge in [-0.25, -0.2) is 0 Å². The molecule has 2 atom stereocenters. The maximum atomic E-state index is 10.2. The zero-order valence-corrected chi connectivity index (χ0v) is 20.3. The van der Waals surface area contributed by atoms with E-state index in [1.54, 1.807) is 13.8 Å². The minimum Gasteiger partial charge on any atom is -0.508 e. The lowest BCUT2D eigenvalue weighted by Gasteiger charge is -2.36. The number of aliphatic hydroxyl groups is 2. The molecule has 1 unspecified atom stereocenters. The van der Waals surface area contributed by atoms with Crippen molar-refractivity contribution >= 4 is 0 Å². The lowest BCUT2D eigenvalue weighted by atomic mass is 9.87. The number of hydrogen-bond acceptors (Lipinski definition) is 4. The Morgan fingerprint density at radius 2 is 1.81 bits per heavy atom. The van der Waals surface area contributed by atoms with Crippen LogP contribution in [0.25, 0.3) is 0 Å². The predicted octanol–water partition coefficient (Wildman–Crippen LogP) is 6.15. The summed E-state index contributed by atoms with van der Waals surface area (Å²) < 4.78 is 6.31. The molecule has 0 saturated heterocycles. The van der Waals surface area contributed by atoms with E-state index in [9.17, 15) is 15.3 Å². The molecule has 1 aliphatic heterocycles. The van der Waals surface area contributed by atoms with Crippen molar-refractivity contribution in [3.8, 4) is 11.5 Å². The Morgan fingerprint density at radius 3 is 2.48 bits per heavy atom. The molecule has 0 fully saturated rings. The average Bonchev–Trinajstić information content (AvgIpc) is 2.64. The van der Waals surface area contributed by atoms with Gasteiger partial charge >= 0.3 is 0 Å². The number of allylic oxidation sites excluding steroid dienone is 4. The van der Waals surface area contributed by atoms with E-state index < -0.39 is 11.7 Å². The molecule has 0 spiro atoms. The molecular formula is C27H42O4. The number of rotatable bonds is 10. The number of benzene rings is 1. The normalized spacial score (nSPS) is 20.9. The van der Waals surface area contributed by atoms with Crippen molar-refractivity contribution in [2.75, 3.05) is 0 Å². The monoisotopic (exact) mass is 430 g/mol. The SMILES string of the molecule is C/C(=C\CCC1(C)CCc2c(O)cc(C)cc2O1)CC/C=C(\C)CC[C@@H](O)C(C)(C)O. The number of ether oxygens (including phenoxy) is 1. The van der Waals surface area contributed by atoms with Crippen LogP contribution in [0.2, 0.25) is 0 Å². The summed E-state index contributed by atoms with van der Waals surface area (Å²) in [7, 11) is 0. The van der Waals surface area contributed by atoms with Crippen LogP contribution in [-0.4, -0.2) is 32.6 Å². The van der Waals surface area contributed by atoms with Gasteiger partial charge < -0.3 is 20.1 Å². The summed E-state index contributed by atoms with van der Waals surface area (Å²) in [5, 5.41) is 29.9. The summed E-state index contributed by atoms with van der Waals surface area (Å²) in [4.78, 5) is 0. The van der Waals surface area contributed by atoms with Gasteiger partial charge in [-0.05, 0) is 111 Å². The molecule has 174 valence electrons. The second-order valence-corrected chi connectivity index (χ2v) is 10.2. The highest BCUT2D eigenvalue weighted by Crippen LogP contribution is 2.40. The molecule has 4 heteroatoms. The molecule has 1 heterocycles. The topological polar surface area (TPSA) is 69.9 Å². The highest BCUT2D eigenvalue weighted by atomic mass is 16.5. The Kier molecular flexibility index (Phi) is 8.79. The number of aliphatic hydroxyl groups excluding tert-OH is 1. The molecule has 1 aliphatic rings. The molecular weight excluding hydrogens is 388 g/mol. The predicted molar refractivity (Wildman–Crippen MR) is 128 cm³/mol. The second kappa shape index (κ2) is 10.7. The molecule has 4 nitrogen and oxygen atoms in total. The van der Waals surface area contributed by atoms with Crippen LogP contribution in [0.15, 0.2) is 35.4 Å². The van der Waals surface area contributed by atoms with Crippen LogP contribution in [0.4, 0.5) is 0 Å². The number of aromatic hydroxyl groups is 1. The minimum atomic E-state index is -1.04. The van der Waals surface area contributed by atoms with Crippen LogP contribution in [0.3, 0.4) is 0 Å². The maximum Gasteiger partial charge on any atom is 0.127 e. The van der Waals surface area contributed by atoms with Crippen LogP contribution in [0, 0.1) is 6.92 Å². The van der Waals surface area contributed by atoms with Crippen molar-refractivity contribution in [2.45, 2.75) is 110 Å². The van der Waals surface area contributed by atoms with Crippen LogP contribution in [0.5, 0.6) is 11.5 Å². The summed E-state index contributed by atoms with van der Waals surface area (Å²) in [5.74, 6) is 1.19. The van der Waals surface area contributed by atoms with Gasteiger partial charge in [0.2, 0.25) is 0 Å². The van der Waals surface area contributed by atoms with E-state index >= 15 is 0 Å². The molecule has 0 radical (unpaired) electrons. The van der Waals surface area contributed by atoms with E-state index in [1.807, 2.05) is 19.1 Å². The zero-order chi connectivity index (χ0) is 23.2.